The van der Waals surface area contributed by atoms with Crippen molar-refractivity contribution in [3.63, 3.8) is 0 Å². The predicted molar refractivity (Wildman–Crippen MR) is 182 cm³/mol. The quantitative estimate of drug-likeness (QED) is 0.248. The molecule has 248 valence electrons. The summed E-state index contributed by atoms with van der Waals surface area (Å²) in [7, 11) is 1.94. The standard InChI is InChI=1S/C34H37ClN10O3/c1-6-23-11-34(16-43(23)33(47)44-17-37-40-32(44)46)12-27(19(3)15-48-34)45-20(4)28(29-24-14-36-39-25(24)9-18(2)30(29)35)31(41-45)21-7-8-26-22(10-21)13-38-42(26)5/h7-10,13-14,17,19,23,27H,6,11-12,15-16H2,1-5H3,(H,36,39)(H,40,46). The van der Waals surface area contributed by atoms with Crippen LogP contribution in [0.5, 0.6) is 0 Å². The van der Waals surface area contributed by atoms with Crippen LogP contribution in [0.3, 0.4) is 0 Å². The number of hydrogen-bond donors (Lipinski definition) is 2. The highest BCUT2D eigenvalue weighted by Crippen LogP contribution is 2.48. The molecule has 2 fully saturated rings. The van der Waals surface area contributed by atoms with Crippen molar-refractivity contribution in [2.45, 2.75) is 64.6 Å². The van der Waals surface area contributed by atoms with Gasteiger partial charge in [-0.15, -0.1) is 0 Å². The Morgan fingerprint density at radius 3 is 2.73 bits per heavy atom. The number of H-pyrrole nitrogens is 2. The minimum Gasteiger partial charge on any atom is -0.373 e. The molecule has 0 aliphatic carbocycles. The van der Waals surface area contributed by atoms with Crippen LogP contribution in [0.2, 0.25) is 5.02 Å². The van der Waals surface area contributed by atoms with Crippen LogP contribution >= 0.6 is 11.6 Å². The highest BCUT2D eigenvalue weighted by molar-refractivity contribution is 6.36. The Kier molecular flexibility index (Phi) is 7.11. The Balaban J connectivity index is 1.26. The molecular weight excluding hydrogens is 632 g/mol. The summed E-state index contributed by atoms with van der Waals surface area (Å²) >= 11 is 7.17. The molecule has 14 heteroatoms. The average Bonchev–Trinajstić information content (AvgIpc) is 3.91. The van der Waals surface area contributed by atoms with Crippen molar-refractivity contribution in [2.75, 3.05) is 13.2 Å². The van der Waals surface area contributed by atoms with Gasteiger partial charge in [-0.25, -0.2) is 19.3 Å². The third-order valence-electron chi connectivity index (χ3n) is 10.5. The zero-order chi connectivity index (χ0) is 33.5. The minimum atomic E-state index is -0.590. The molecule has 4 unspecified atom stereocenters. The van der Waals surface area contributed by atoms with Crippen LogP contribution in [0.25, 0.3) is 44.2 Å². The van der Waals surface area contributed by atoms with E-state index >= 15 is 0 Å². The zero-order valence-electron chi connectivity index (χ0n) is 27.5. The van der Waals surface area contributed by atoms with Gasteiger partial charge >= 0.3 is 11.7 Å². The highest BCUT2D eigenvalue weighted by atomic mass is 35.5. The van der Waals surface area contributed by atoms with E-state index in [4.69, 9.17) is 21.4 Å². The number of rotatable bonds is 4. The molecule has 0 radical (unpaired) electrons. The molecule has 13 nitrogen and oxygen atoms in total. The first kappa shape index (κ1) is 30.6. The second-order valence-corrected chi connectivity index (χ2v) is 13.8. The number of aromatic amines is 2. The smallest absolute Gasteiger partial charge is 0.351 e. The summed E-state index contributed by atoms with van der Waals surface area (Å²) in [5, 5.41) is 26.1. The Morgan fingerprint density at radius 2 is 1.96 bits per heavy atom. The molecule has 4 atom stereocenters. The maximum Gasteiger partial charge on any atom is 0.351 e. The van der Waals surface area contributed by atoms with Crippen LogP contribution < -0.4 is 5.69 Å². The van der Waals surface area contributed by atoms with Gasteiger partial charge in [0.1, 0.15) is 12.0 Å². The summed E-state index contributed by atoms with van der Waals surface area (Å²) in [6.07, 6.45) is 6.99. The van der Waals surface area contributed by atoms with Gasteiger partial charge in [-0.2, -0.15) is 20.4 Å². The molecule has 6 aromatic rings. The highest BCUT2D eigenvalue weighted by Gasteiger charge is 2.51. The summed E-state index contributed by atoms with van der Waals surface area (Å²) in [4.78, 5) is 27.6. The maximum absolute atomic E-state index is 13.5. The first-order chi connectivity index (χ1) is 23.1. The molecular formula is C34H37ClN10O3. The Labute approximate surface area is 280 Å². The Hall–Kier alpha value is -4.75. The van der Waals surface area contributed by atoms with Gasteiger partial charge in [0.2, 0.25) is 0 Å². The van der Waals surface area contributed by atoms with Crippen LogP contribution in [0.15, 0.2) is 47.8 Å². The number of ether oxygens (including phenoxy) is 1. The number of nitrogens with one attached hydrogen (secondary N) is 2. The molecule has 0 bridgehead atoms. The number of amides is 1. The zero-order valence-corrected chi connectivity index (χ0v) is 28.2. The van der Waals surface area contributed by atoms with Crippen LogP contribution in [-0.2, 0) is 11.8 Å². The van der Waals surface area contributed by atoms with E-state index < -0.39 is 11.3 Å². The number of hydrogen-bond acceptors (Lipinski definition) is 7. The third-order valence-corrected chi connectivity index (χ3v) is 11.0. The van der Waals surface area contributed by atoms with Crippen LogP contribution in [0, 0.1) is 19.8 Å². The van der Waals surface area contributed by atoms with Gasteiger partial charge in [-0.3, -0.25) is 14.5 Å². The lowest BCUT2D eigenvalue weighted by Gasteiger charge is -2.42. The molecule has 2 aromatic carbocycles. The van der Waals surface area contributed by atoms with E-state index in [1.54, 1.807) is 4.90 Å². The van der Waals surface area contributed by atoms with Gasteiger partial charge in [0.15, 0.2) is 0 Å². The number of halogens is 1. The van der Waals surface area contributed by atoms with Crippen molar-refractivity contribution in [3.8, 4) is 22.4 Å². The second kappa shape index (κ2) is 11.2. The van der Waals surface area contributed by atoms with E-state index in [1.165, 1.54) is 6.33 Å². The lowest BCUT2D eigenvalue weighted by atomic mass is 9.83. The Morgan fingerprint density at radius 1 is 1.12 bits per heavy atom. The number of nitrogens with zero attached hydrogens (tertiary/aromatic N) is 8. The molecule has 8 rings (SSSR count). The number of carbonyl (C=O) groups is 1. The van der Waals surface area contributed by atoms with Crippen molar-refractivity contribution in [1.82, 2.24) is 49.4 Å². The van der Waals surface area contributed by atoms with Crippen molar-refractivity contribution in [1.29, 1.82) is 0 Å². The number of carbonyl (C=O) groups excluding carboxylic acids is 1. The number of aryl methyl sites for hydroxylation is 2. The third kappa shape index (κ3) is 4.62. The topological polar surface area (TPSA) is 145 Å². The first-order valence-corrected chi connectivity index (χ1v) is 16.7. The average molecular weight is 669 g/mol. The van der Waals surface area contributed by atoms with Crippen molar-refractivity contribution < 1.29 is 9.53 Å². The van der Waals surface area contributed by atoms with E-state index in [9.17, 15) is 9.59 Å². The lowest BCUT2D eigenvalue weighted by molar-refractivity contribution is -0.110. The largest absolute Gasteiger partial charge is 0.373 e. The van der Waals surface area contributed by atoms with E-state index in [2.05, 4.69) is 69.1 Å². The molecule has 0 saturated carbocycles. The lowest BCUT2D eigenvalue weighted by Crippen LogP contribution is -2.48. The fourth-order valence-electron chi connectivity index (χ4n) is 7.89. The van der Waals surface area contributed by atoms with E-state index in [1.807, 2.05) is 37.1 Å². The summed E-state index contributed by atoms with van der Waals surface area (Å²) in [6, 6.07) is 7.83. The minimum absolute atomic E-state index is 0.0268. The normalized spacial score (nSPS) is 22.9. The summed E-state index contributed by atoms with van der Waals surface area (Å²) in [5.74, 6) is 0.138. The molecule has 2 aliphatic heterocycles. The summed E-state index contributed by atoms with van der Waals surface area (Å²) in [6.45, 7) is 9.25. The van der Waals surface area contributed by atoms with Crippen LogP contribution in [0.4, 0.5) is 4.79 Å². The van der Waals surface area contributed by atoms with Crippen LogP contribution in [0.1, 0.15) is 50.4 Å². The molecule has 2 saturated heterocycles. The van der Waals surface area contributed by atoms with Crippen molar-refractivity contribution in [3.05, 3.63) is 69.8 Å². The molecule has 1 amide bonds. The Bertz CT molecular complexity index is 2280. The van der Waals surface area contributed by atoms with E-state index in [-0.39, 0.29) is 24.0 Å². The predicted octanol–water partition coefficient (Wildman–Crippen LogP) is 5.62. The molecule has 48 heavy (non-hydrogen) atoms. The SMILES string of the molecule is CCC1CC2(CC(n3nc(-c4ccc5c(cnn5C)c4)c(-c4c(Cl)c(C)cc5[nH]ncc45)c3C)C(C)CO2)CN1C(=O)n1cn[nH]c1=O. The van der Waals surface area contributed by atoms with Gasteiger partial charge in [0.05, 0.1) is 53.2 Å². The van der Waals surface area contributed by atoms with Crippen molar-refractivity contribution in [2.24, 2.45) is 13.0 Å². The fourth-order valence-corrected chi connectivity index (χ4v) is 8.15. The number of aromatic nitrogens is 9. The van der Waals surface area contributed by atoms with Gasteiger partial charge in [-0.1, -0.05) is 31.5 Å². The molecule has 2 N–H and O–H groups in total. The number of fused-ring (bicyclic) bond motifs is 2. The molecule has 4 aromatic heterocycles. The van der Waals surface area contributed by atoms with Gasteiger partial charge < -0.3 is 9.64 Å². The maximum atomic E-state index is 13.5. The fraction of sp³-hybridized carbons (Fsp3) is 0.412. The monoisotopic (exact) mass is 668 g/mol. The van der Waals surface area contributed by atoms with Crippen LogP contribution in [-0.4, -0.2) is 80.2 Å². The van der Waals surface area contributed by atoms with E-state index in [0.717, 1.165) is 66.4 Å². The molecule has 6 heterocycles. The van der Waals surface area contributed by atoms with Gasteiger partial charge in [-0.05, 0) is 50.5 Å². The molecule has 2 aliphatic rings. The van der Waals surface area contributed by atoms with Gasteiger partial charge in [0.25, 0.3) is 0 Å². The van der Waals surface area contributed by atoms with Gasteiger partial charge in [0, 0.05) is 58.6 Å². The number of likely N-dealkylation sites (tertiary alicyclic amines) is 1. The first-order valence-electron chi connectivity index (χ1n) is 16.3. The van der Waals surface area contributed by atoms with Crippen molar-refractivity contribution >= 4 is 39.4 Å². The van der Waals surface area contributed by atoms with E-state index in [0.29, 0.717) is 31.0 Å². The summed E-state index contributed by atoms with van der Waals surface area (Å²) in [5.41, 5.74) is 6.38. The summed E-state index contributed by atoms with van der Waals surface area (Å²) < 4.78 is 11.7. The number of benzene rings is 2. The second-order valence-electron chi connectivity index (χ2n) is 13.5. The molecule has 1 spiro atoms.